The van der Waals surface area contributed by atoms with Crippen molar-refractivity contribution in [2.24, 2.45) is 0 Å². The Bertz CT molecular complexity index is 847. The summed E-state index contributed by atoms with van der Waals surface area (Å²) in [5.41, 5.74) is 2.74. The van der Waals surface area contributed by atoms with Crippen molar-refractivity contribution in [3.63, 3.8) is 0 Å². The van der Waals surface area contributed by atoms with Gasteiger partial charge in [0.2, 0.25) is 0 Å². The maximum absolute atomic E-state index is 12.6. The molecule has 3 aromatic rings. The second kappa shape index (κ2) is 6.39. The first kappa shape index (κ1) is 14.8. The topological polar surface area (TPSA) is 63.4 Å². The molecule has 3 heterocycles. The minimum Gasteiger partial charge on any atom is -0.339 e. The van der Waals surface area contributed by atoms with Crippen LogP contribution < -0.4 is 0 Å². The van der Waals surface area contributed by atoms with E-state index in [4.69, 9.17) is 0 Å². The van der Waals surface area contributed by atoms with Gasteiger partial charge in [0.1, 0.15) is 6.33 Å². The molecule has 2 aromatic heterocycles. The van der Waals surface area contributed by atoms with Gasteiger partial charge in [-0.3, -0.25) is 9.20 Å². The zero-order valence-corrected chi connectivity index (χ0v) is 13.4. The minimum atomic E-state index is 0.135. The monoisotopic (exact) mass is 321 g/mol. The maximum Gasteiger partial charge on any atom is 0.254 e. The number of amides is 1. The van der Waals surface area contributed by atoms with Gasteiger partial charge in [-0.05, 0) is 30.5 Å². The number of aromatic nitrogens is 4. The third kappa shape index (κ3) is 2.87. The minimum absolute atomic E-state index is 0.135. The molecule has 1 amide bonds. The first-order valence-electron chi connectivity index (χ1n) is 8.36. The fraction of sp³-hybridized carbons (Fsp3) is 0.333. The fourth-order valence-electron chi connectivity index (χ4n) is 3.14. The number of benzene rings is 1. The second-order valence-corrected chi connectivity index (χ2v) is 6.16. The molecular formula is C18H19N5O. The number of nitrogens with zero attached hydrogens (tertiary/aromatic N) is 5. The van der Waals surface area contributed by atoms with E-state index >= 15 is 0 Å². The van der Waals surface area contributed by atoms with E-state index in [-0.39, 0.29) is 5.91 Å². The zero-order chi connectivity index (χ0) is 16.4. The molecule has 122 valence electrons. The molecule has 1 aliphatic heterocycles. The highest BCUT2D eigenvalue weighted by molar-refractivity contribution is 5.94. The van der Waals surface area contributed by atoms with Crippen LogP contribution in [0.2, 0.25) is 0 Å². The molecule has 0 atom stereocenters. The highest BCUT2D eigenvalue weighted by Gasteiger charge is 2.17. The molecule has 1 fully saturated rings. The van der Waals surface area contributed by atoms with Gasteiger partial charge in [-0.25, -0.2) is 4.98 Å². The quantitative estimate of drug-likeness (QED) is 0.728. The first-order chi connectivity index (χ1) is 11.8. The van der Waals surface area contributed by atoms with Gasteiger partial charge in [-0.1, -0.05) is 25.0 Å². The summed E-state index contributed by atoms with van der Waals surface area (Å²) >= 11 is 0. The summed E-state index contributed by atoms with van der Waals surface area (Å²) in [6.07, 6.45) is 10.00. The molecule has 4 rings (SSSR count). The van der Waals surface area contributed by atoms with Crippen molar-refractivity contribution in [1.29, 1.82) is 0 Å². The molecule has 0 spiro atoms. The molecule has 0 radical (unpaired) electrons. The van der Waals surface area contributed by atoms with Gasteiger partial charge >= 0.3 is 0 Å². The Morgan fingerprint density at radius 2 is 1.71 bits per heavy atom. The van der Waals surface area contributed by atoms with Crippen molar-refractivity contribution < 1.29 is 4.79 Å². The Hall–Kier alpha value is -2.76. The SMILES string of the molecule is O=C(c1ccc(-c2cnc3nncn3c2)cc1)N1CCCCCC1. The standard InChI is InChI=1S/C18H19N5O/c24-17(22-9-3-1-2-4-10-22)15-7-5-14(6-8-15)16-11-19-18-21-20-13-23(18)12-16/h5-8,11-13H,1-4,9-10H2. The van der Waals surface area contributed by atoms with E-state index in [2.05, 4.69) is 15.2 Å². The predicted octanol–water partition coefficient (Wildman–Crippen LogP) is 2.81. The third-order valence-electron chi connectivity index (χ3n) is 4.51. The average Bonchev–Trinajstić information content (AvgIpc) is 2.93. The molecule has 0 bridgehead atoms. The van der Waals surface area contributed by atoms with E-state index < -0.39 is 0 Å². The van der Waals surface area contributed by atoms with Gasteiger partial charge in [0, 0.05) is 36.6 Å². The maximum atomic E-state index is 12.6. The van der Waals surface area contributed by atoms with Gasteiger partial charge in [0.15, 0.2) is 0 Å². The van der Waals surface area contributed by atoms with Crippen molar-refractivity contribution in [2.75, 3.05) is 13.1 Å². The van der Waals surface area contributed by atoms with E-state index in [1.165, 1.54) is 12.8 Å². The van der Waals surface area contributed by atoms with Gasteiger partial charge in [0.25, 0.3) is 11.7 Å². The molecule has 0 unspecified atom stereocenters. The number of carbonyl (C=O) groups is 1. The molecular weight excluding hydrogens is 302 g/mol. The Kier molecular flexibility index (Phi) is 3.94. The summed E-state index contributed by atoms with van der Waals surface area (Å²) in [7, 11) is 0. The third-order valence-corrected chi connectivity index (χ3v) is 4.51. The van der Waals surface area contributed by atoms with E-state index in [9.17, 15) is 4.79 Å². The number of fused-ring (bicyclic) bond motifs is 1. The van der Waals surface area contributed by atoms with Crippen LogP contribution in [-0.4, -0.2) is 43.5 Å². The Morgan fingerprint density at radius 1 is 0.958 bits per heavy atom. The van der Waals surface area contributed by atoms with Crippen LogP contribution in [0.1, 0.15) is 36.0 Å². The second-order valence-electron chi connectivity index (χ2n) is 6.16. The summed E-state index contributed by atoms with van der Waals surface area (Å²) in [5, 5.41) is 7.73. The molecule has 24 heavy (non-hydrogen) atoms. The number of hydrogen-bond acceptors (Lipinski definition) is 4. The van der Waals surface area contributed by atoms with Gasteiger partial charge in [-0.2, -0.15) is 0 Å². The van der Waals surface area contributed by atoms with E-state index in [0.29, 0.717) is 5.78 Å². The summed E-state index contributed by atoms with van der Waals surface area (Å²) < 4.78 is 1.78. The largest absolute Gasteiger partial charge is 0.339 e. The van der Waals surface area contributed by atoms with Crippen molar-refractivity contribution >= 4 is 11.7 Å². The molecule has 0 aliphatic carbocycles. The van der Waals surface area contributed by atoms with Gasteiger partial charge < -0.3 is 4.90 Å². The summed E-state index contributed by atoms with van der Waals surface area (Å²) in [4.78, 5) is 18.9. The van der Waals surface area contributed by atoms with Crippen molar-refractivity contribution in [2.45, 2.75) is 25.7 Å². The molecule has 6 nitrogen and oxygen atoms in total. The summed E-state index contributed by atoms with van der Waals surface area (Å²) in [6.45, 7) is 1.74. The van der Waals surface area contributed by atoms with Gasteiger partial charge in [-0.15, -0.1) is 10.2 Å². The normalized spacial score (nSPS) is 15.4. The number of likely N-dealkylation sites (tertiary alicyclic amines) is 1. The smallest absolute Gasteiger partial charge is 0.254 e. The predicted molar refractivity (Wildman–Crippen MR) is 90.6 cm³/mol. The first-order valence-corrected chi connectivity index (χ1v) is 8.36. The van der Waals surface area contributed by atoms with Crippen LogP contribution in [0.3, 0.4) is 0 Å². The fourth-order valence-corrected chi connectivity index (χ4v) is 3.14. The number of rotatable bonds is 2. The molecule has 1 saturated heterocycles. The lowest BCUT2D eigenvalue weighted by Crippen LogP contribution is -2.31. The Labute approximate surface area is 140 Å². The van der Waals surface area contributed by atoms with E-state index in [1.54, 1.807) is 16.9 Å². The molecule has 0 saturated carbocycles. The van der Waals surface area contributed by atoms with E-state index in [1.807, 2.05) is 35.4 Å². The van der Waals surface area contributed by atoms with Gasteiger partial charge in [0.05, 0.1) is 0 Å². The molecule has 1 aromatic carbocycles. The average molecular weight is 321 g/mol. The van der Waals surface area contributed by atoms with Crippen molar-refractivity contribution in [1.82, 2.24) is 24.5 Å². The van der Waals surface area contributed by atoms with Crippen LogP contribution >= 0.6 is 0 Å². The summed E-state index contributed by atoms with van der Waals surface area (Å²) in [6, 6.07) is 7.74. The molecule has 6 heteroatoms. The number of carbonyl (C=O) groups excluding carboxylic acids is 1. The van der Waals surface area contributed by atoms with Crippen LogP contribution in [0.4, 0.5) is 0 Å². The molecule has 1 aliphatic rings. The van der Waals surface area contributed by atoms with Crippen LogP contribution in [0.25, 0.3) is 16.9 Å². The highest BCUT2D eigenvalue weighted by Crippen LogP contribution is 2.20. The van der Waals surface area contributed by atoms with Crippen molar-refractivity contribution in [3.8, 4) is 11.1 Å². The van der Waals surface area contributed by atoms with Crippen LogP contribution in [0.15, 0.2) is 43.0 Å². The Morgan fingerprint density at radius 3 is 2.46 bits per heavy atom. The lowest BCUT2D eigenvalue weighted by atomic mass is 10.1. The number of hydrogen-bond donors (Lipinski definition) is 0. The van der Waals surface area contributed by atoms with E-state index in [0.717, 1.165) is 42.6 Å². The van der Waals surface area contributed by atoms with Crippen LogP contribution in [0, 0.1) is 0 Å². The Balaban J connectivity index is 1.56. The van der Waals surface area contributed by atoms with Crippen LogP contribution in [0.5, 0.6) is 0 Å². The highest BCUT2D eigenvalue weighted by atomic mass is 16.2. The zero-order valence-electron chi connectivity index (χ0n) is 13.4. The lowest BCUT2D eigenvalue weighted by molar-refractivity contribution is 0.0761. The summed E-state index contributed by atoms with van der Waals surface area (Å²) in [5.74, 6) is 0.711. The molecule has 0 N–H and O–H groups in total. The van der Waals surface area contributed by atoms with Crippen molar-refractivity contribution in [3.05, 3.63) is 48.5 Å². The lowest BCUT2D eigenvalue weighted by Gasteiger charge is -2.20. The van der Waals surface area contributed by atoms with Crippen LogP contribution in [-0.2, 0) is 0 Å².